The second kappa shape index (κ2) is 39.7. The van der Waals surface area contributed by atoms with Crippen LogP contribution in [0.5, 0.6) is 11.5 Å². The summed E-state index contributed by atoms with van der Waals surface area (Å²) in [5, 5.41) is 2.67. The van der Waals surface area contributed by atoms with Crippen LogP contribution in [0.15, 0.2) is 152 Å². The lowest BCUT2D eigenvalue weighted by atomic mass is 9.78. The Morgan fingerprint density at radius 2 is 0.782 bits per heavy atom. The maximum Gasteiger partial charge on any atom is 0.411 e. The monoisotopic (exact) mass is 1460 g/mol. The smallest absolute Gasteiger partial charge is 0.411 e. The largest absolute Gasteiger partial charge is 0.490 e. The molecule has 18 nitrogen and oxygen atoms in total. The van der Waals surface area contributed by atoms with Gasteiger partial charge in [-0.1, -0.05) is 90.6 Å². The summed E-state index contributed by atoms with van der Waals surface area (Å²) in [6, 6.07) is 23.0. The first-order chi connectivity index (χ1) is 40.7. The molecule has 4 aromatic rings. The number of rotatable bonds is 34. The molecule has 4 rings (SSSR count). The molecule has 22 heteroatoms. The Morgan fingerprint density at radius 1 is 0.437 bits per heavy atom. The average Bonchev–Trinajstić information content (AvgIpc) is 1.48. The molecular weight excluding hydrogens is 1390 g/mol. The fourth-order valence-electron chi connectivity index (χ4n) is 6.96. The zero-order valence-electron chi connectivity index (χ0n) is 49.2. The first kappa shape index (κ1) is 76.1. The number of hydrogen-bond acceptors (Lipinski definition) is 17. The zero-order chi connectivity index (χ0) is 63.9. The first-order valence-electron chi connectivity index (χ1n) is 27.0. The quantitative estimate of drug-likeness (QED) is 0.0115. The summed E-state index contributed by atoms with van der Waals surface area (Å²) in [5.74, 6) is -1.09. The van der Waals surface area contributed by atoms with Crippen LogP contribution in [0, 0.1) is 0 Å². The van der Waals surface area contributed by atoms with E-state index in [0.717, 1.165) is 51.3 Å². The van der Waals surface area contributed by atoms with Crippen LogP contribution in [0.25, 0.3) is 0 Å². The van der Waals surface area contributed by atoms with Gasteiger partial charge in [0, 0.05) is 40.7 Å². The maximum atomic E-state index is 12.0. The van der Waals surface area contributed by atoms with E-state index in [4.69, 9.17) is 47.4 Å². The fourth-order valence-corrected chi connectivity index (χ4v) is 9.79. The van der Waals surface area contributed by atoms with E-state index in [1.807, 2.05) is 60.7 Å². The molecule has 1 amide bonds. The highest BCUT2D eigenvalue weighted by Crippen LogP contribution is 2.44. The lowest BCUT2D eigenvalue weighted by molar-refractivity contribution is -0.149. The van der Waals surface area contributed by atoms with Crippen molar-refractivity contribution in [1.29, 1.82) is 0 Å². The predicted octanol–water partition coefficient (Wildman–Crippen LogP) is 14.5. The van der Waals surface area contributed by atoms with Crippen molar-refractivity contribution in [1.82, 2.24) is 0 Å². The number of benzene rings is 4. The van der Waals surface area contributed by atoms with Crippen LogP contribution < -0.4 is 14.8 Å². The minimum atomic E-state index is -0.570. The van der Waals surface area contributed by atoms with Crippen LogP contribution in [-0.2, 0) is 84.9 Å². The van der Waals surface area contributed by atoms with E-state index in [2.05, 4.69) is 116 Å². The van der Waals surface area contributed by atoms with Crippen LogP contribution in [0.4, 0.5) is 10.5 Å². The molecule has 4 aromatic carbocycles. The van der Waals surface area contributed by atoms with Gasteiger partial charge in [-0.05, 0) is 180 Å². The van der Waals surface area contributed by atoms with Crippen molar-refractivity contribution >= 4 is 111 Å². The number of nitrogens with one attached hydrogen (secondary N) is 1. The number of carbonyl (C=O) groups is 7. The SMILES string of the molecule is C.C=C(C)C(=C)OCCOC(=O)Nc1ccc(Cc2ccc(CC(=O)OCCOC(=O)C(=C)C)cc2)cc1.C=C(C)C(=O)OCCCC(=O)OCCOc1c(Br)cc(C(C)(C)c2cc(Br)c(OCCOC(=O)CCCOC(=O)C(=C)C)c(Br)c2)cc1Br. The third-order valence-electron chi connectivity index (χ3n) is 11.8. The second-order valence-corrected chi connectivity index (χ2v) is 23.1. The lowest BCUT2D eigenvalue weighted by Gasteiger charge is -2.28. The van der Waals surface area contributed by atoms with Crippen molar-refractivity contribution in [3.63, 3.8) is 0 Å². The van der Waals surface area contributed by atoms with Gasteiger partial charge < -0.3 is 47.4 Å². The van der Waals surface area contributed by atoms with Crippen molar-refractivity contribution in [2.45, 2.75) is 92.9 Å². The minimum absolute atomic E-state index is 0. The van der Waals surface area contributed by atoms with Crippen LogP contribution >= 0.6 is 63.7 Å². The number of amides is 1. The third kappa shape index (κ3) is 29.0. The van der Waals surface area contributed by atoms with Crippen molar-refractivity contribution < 1.29 is 80.9 Å². The number of carbonyl (C=O) groups excluding carboxylic acids is 7. The summed E-state index contributed by atoms with van der Waals surface area (Å²) in [6.07, 6.45) is 1.19. The normalized spacial score (nSPS) is 10.5. The zero-order valence-corrected chi connectivity index (χ0v) is 55.6. The van der Waals surface area contributed by atoms with Gasteiger partial charge in [-0.25, -0.2) is 19.2 Å². The summed E-state index contributed by atoms with van der Waals surface area (Å²) in [6.45, 7) is 29.5. The summed E-state index contributed by atoms with van der Waals surface area (Å²) in [7, 11) is 0. The highest BCUT2D eigenvalue weighted by molar-refractivity contribution is 9.11. The van der Waals surface area contributed by atoms with Crippen molar-refractivity contribution in [2.75, 3.05) is 71.4 Å². The number of anilines is 1. The first-order valence-corrected chi connectivity index (χ1v) is 30.1. The van der Waals surface area contributed by atoms with Gasteiger partial charge in [-0.3, -0.25) is 19.7 Å². The van der Waals surface area contributed by atoms with Crippen molar-refractivity contribution in [3.05, 3.63) is 179 Å². The number of esters is 6. The molecule has 0 aromatic heterocycles. The average molecular weight is 1460 g/mol. The second-order valence-electron chi connectivity index (χ2n) is 19.7. The van der Waals surface area contributed by atoms with Crippen LogP contribution in [0.3, 0.4) is 0 Å². The molecule has 0 aliphatic heterocycles. The highest BCUT2D eigenvalue weighted by atomic mass is 79.9. The maximum absolute atomic E-state index is 12.0. The van der Waals surface area contributed by atoms with Gasteiger partial charge in [0.15, 0.2) is 0 Å². The molecule has 0 fully saturated rings. The van der Waals surface area contributed by atoms with Gasteiger partial charge in [-0.15, -0.1) is 0 Å². The van der Waals surface area contributed by atoms with E-state index in [1.54, 1.807) is 39.8 Å². The van der Waals surface area contributed by atoms with Gasteiger partial charge in [-0.2, -0.15) is 0 Å². The molecule has 0 saturated carbocycles. The van der Waals surface area contributed by atoms with Gasteiger partial charge in [0.1, 0.15) is 70.1 Å². The molecule has 0 heterocycles. The molecule has 0 spiro atoms. The van der Waals surface area contributed by atoms with E-state index in [9.17, 15) is 33.6 Å². The summed E-state index contributed by atoms with van der Waals surface area (Å²) < 4.78 is 55.4. The molecule has 0 radical (unpaired) electrons. The van der Waals surface area contributed by atoms with E-state index >= 15 is 0 Å². The number of halogens is 4. The predicted molar refractivity (Wildman–Crippen MR) is 346 cm³/mol. The summed E-state index contributed by atoms with van der Waals surface area (Å²) in [4.78, 5) is 81.9. The Labute approximate surface area is 543 Å². The molecule has 87 heavy (non-hydrogen) atoms. The molecule has 0 atom stereocenters. The highest BCUT2D eigenvalue weighted by Gasteiger charge is 2.28. The molecule has 0 aliphatic rings. The minimum Gasteiger partial charge on any atom is -0.490 e. The van der Waals surface area contributed by atoms with Crippen LogP contribution in [0.1, 0.15) is 102 Å². The number of ether oxygens (including phenoxy) is 10. The topological polar surface area (TPSA) is 224 Å². The molecule has 0 bridgehead atoms. The summed E-state index contributed by atoms with van der Waals surface area (Å²) in [5.41, 5.74) is 6.72. The van der Waals surface area contributed by atoms with Crippen molar-refractivity contribution in [3.8, 4) is 11.5 Å². The lowest BCUT2D eigenvalue weighted by Crippen LogP contribution is -2.20. The van der Waals surface area contributed by atoms with Gasteiger partial charge in [0.05, 0.1) is 37.5 Å². The molecular formula is C65H77Br4NO17. The van der Waals surface area contributed by atoms with E-state index in [1.165, 1.54) is 0 Å². The van der Waals surface area contributed by atoms with Crippen molar-refractivity contribution in [2.24, 2.45) is 0 Å². The summed E-state index contributed by atoms with van der Waals surface area (Å²) >= 11 is 14.5. The number of allylic oxidation sites excluding steroid dienone is 1. The van der Waals surface area contributed by atoms with E-state index in [-0.39, 0.29) is 92.8 Å². The molecule has 0 saturated heterocycles. The number of hydrogen-bond donors (Lipinski definition) is 1. The van der Waals surface area contributed by atoms with Crippen LogP contribution in [0.2, 0.25) is 0 Å². The standard InChI is InChI=1S/C35H40Br4O10.C29H33NO7.CH4/c1-21(2)33(42)48-11-7-9-29(40)44-13-15-46-31-25(36)17-23(18-26(31)37)35(5,6)24-19-27(38)32(28(39)20-24)47-16-14-45-30(41)10-8-12-49-34(43)22(3)4;1-20(2)22(5)34-14-17-37-29(33)30-26-12-10-24(11-13-26)18-23-6-8-25(9-7-23)19-27(31)35-15-16-36-28(32)21(3)4;/h17-20H,1,3,7-16H2,2,4-6H3;6-13H,1,3,5,14-19H2,2,4H3,(H,30,33);1H4. The Bertz CT molecular complexity index is 2820. The fraction of sp³-hybridized carbons (Fsp3) is 0.369. The van der Waals surface area contributed by atoms with Crippen LogP contribution in [-0.4, -0.2) is 108 Å². The molecule has 1 N–H and O–H groups in total. The molecule has 0 aliphatic carbocycles. The molecule has 0 unspecified atom stereocenters. The third-order valence-corrected chi connectivity index (χ3v) is 14.2. The van der Waals surface area contributed by atoms with Gasteiger partial charge >= 0.3 is 41.9 Å². The van der Waals surface area contributed by atoms with Gasteiger partial charge in [0.25, 0.3) is 0 Å². The Morgan fingerprint density at radius 3 is 1.20 bits per heavy atom. The van der Waals surface area contributed by atoms with E-state index in [0.29, 0.717) is 58.9 Å². The Balaban J connectivity index is 0.000000609. The van der Waals surface area contributed by atoms with E-state index < -0.39 is 47.3 Å². The Hall–Kier alpha value is -7.01. The molecule has 472 valence electrons. The Kier molecular flexibility index (Phi) is 34.7. The van der Waals surface area contributed by atoms with Gasteiger partial charge in [0.2, 0.25) is 0 Å².